The van der Waals surface area contributed by atoms with Gasteiger partial charge >= 0.3 is 12.1 Å². The molecule has 31 heavy (non-hydrogen) atoms. The Balaban J connectivity index is 1.13. The fourth-order valence-corrected chi connectivity index (χ4v) is 5.69. The third kappa shape index (κ3) is 3.88. The minimum absolute atomic E-state index is 0.0256. The smallest absolute Gasteiger partial charge is 0.318 e. The number of hydrogen-bond donors (Lipinski definition) is 2. The van der Waals surface area contributed by atoms with Crippen molar-refractivity contribution in [1.29, 1.82) is 0 Å². The number of nitrogens with zero attached hydrogens (tertiary/aromatic N) is 3. The summed E-state index contributed by atoms with van der Waals surface area (Å²) in [7, 11) is 0. The van der Waals surface area contributed by atoms with Crippen molar-refractivity contribution < 1.29 is 14.2 Å². The molecule has 2 N–H and O–H groups in total. The summed E-state index contributed by atoms with van der Waals surface area (Å²) < 4.78 is -0.249. The maximum absolute atomic E-state index is 13.3. The number of hydrogen-bond acceptors (Lipinski definition) is 3. The first-order chi connectivity index (χ1) is 14.9. The van der Waals surface area contributed by atoms with Crippen molar-refractivity contribution in [2.45, 2.75) is 49.5 Å². The molecule has 0 aromatic rings. The molecular formula is C22H28ClN5O3. The van der Waals surface area contributed by atoms with Gasteiger partial charge in [-0.1, -0.05) is 42.0 Å². The number of allylic oxidation sites excluding steroid dienone is 4. The number of carbonyl (C=O) groups is 2. The summed E-state index contributed by atoms with van der Waals surface area (Å²) in [5.41, 5.74) is 0. The lowest BCUT2D eigenvalue weighted by Crippen LogP contribution is -2.55. The highest BCUT2D eigenvalue weighted by atomic mass is 35.5. The highest BCUT2D eigenvalue weighted by Crippen LogP contribution is 2.31. The Morgan fingerprint density at radius 1 is 1.03 bits per heavy atom. The number of halogens is 1. The van der Waals surface area contributed by atoms with Crippen molar-refractivity contribution in [3.05, 3.63) is 52.8 Å². The quantitative estimate of drug-likeness (QED) is 0.502. The summed E-state index contributed by atoms with van der Waals surface area (Å²) in [6, 6.07) is -0.152. The first kappa shape index (κ1) is 20.6. The third-order valence-corrected chi connectivity index (χ3v) is 7.37. The van der Waals surface area contributed by atoms with Gasteiger partial charge in [-0.3, -0.25) is 0 Å². The Kier molecular flexibility index (Phi) is 5.32. The van der Waals surface area contributed by atoms with Gasteiger partial charge in [0.05, 0.1) is 43.8 Å². The SMILES string of the molecule is O=C1NC2C=CC=CC2N1CCC[N+]1([O-])CCC(N2C(=O)NC3C=C(Cl)C=CC32)CC1. The van der Waals surface area contributed by atoms with Crippen LogP contribution in [0.4, 0.5) is 9.59 Å². The number of amides is 4. The second kappa shape index (κ2) is 8.00. The number of quaternary nitrogens is 1. The lowest BCUT2D eigenvalue weighted by atomic mass is 9.97. The molecule has 0 saturated carbocycles. The topological polar surface area (TPSA) is 87.7 Å². The minimum atomic E-state index is -0.249. The molecule has 4 unspecified atom stereocenters. The molecule has 4 atom stereocenters. The van der Waals surface area contributed by atoms with Crippen LogP contribution in [0.2, 0.25) is 0 Å². The van der Waals surface area contributed by atoms with Crippen LogP contribution in [0.15, 0.2) is 47.6 Å². The lowest BCUT2D eigenvalue weighted by molar-refractivity contribution is -0.886. The van der Waals surface area contributed by atoms with Gasteiger partial charge in [-0.05, 0) is 12.2 Å². The van der Waals surface area contributed by atoms with Gasteiger partial charge in [0.25, 0.3) is 0 Å². The molecule has 8 nitrogen and oxygen atoms in total. The molecule has 9 heteroatoms. The van der Waals surface area contributed by atoms with Crippen LogP contribution in [0.1, 0.15) is 19.3 Å². The first-order valence-corrected chi connectivity index (χ1v) is 11.4. The summed E-state index contributed by atoms with van der Waals surface area (Å²) in [6.07, 6.45) is 15.7. The van der Waals surface area contributed by atoms with Crippen molar-refractivity contribution in [3.8, 4) is 0 Å². The summed E-state index contributed by atoms with van der Waals surface area (Å²) in [5.74, 6) is 0. The predicted molar refractivity (Wildman–Crippen MR) is 118 cm³/mol. The summed E-state index contributed by atoms with van der Waals surface area (Å²) >= 11 is 6.07. The molecule has 3 fully saturated rings. The predicted octanol–water partition coefficient (Wildman–Crippen LogP) is 2.20. The van der Waals surface area contributed by atoms with E-state index in [0.717, 1.165) is 0 Å². The van der Waals surface area contributed by atoms with Crippen LogP contribution in [0.3, 0.4) is 0 Å². The number of likely N-dealkylation sites (tertiary alicyclic amines) is 1. The minimum Gasteiger partial charge on any atom is -0.633 e. The largest absolute Gasteiger partial charge is 0.633 e. The second-order valence-electron chi connectivity index (χ2n) is 9.03. The zero-order valence-corrected chi connectivity index (χ0v) is 18.1. The fourth-order valence-electron chi connectivity index (χ4n) is 5.48. The number of piperidine rings is 1. The Hall–Kier alpha value is -2.29. The summed E-state index contributed by atoms with van der Waals surface area (Å²) in [6.45, 7) is 2.05. The zero-order valence-electron chi connectivity index (χ0n) is 17.3. The van der Waals surface area contributed by atoms with E-state index >= 15 is 0 Å². The fraction of sp³-hybridized carbons (Fsp3) is 0.545. The van der Waals surface area contributed by atoms with Crippen molar-refractivity contribution in [2.75, 3.05) is 26.2 Å². The molecule has 3 saturated heterocycles. The molecule has 3 heterocycles. The molecule has 0 bridgehead atoms. The van der Waals surface area contributed by atoms with Gasteiger partial charge in [0.2, 0.25) is 0 Å². The van der Waals surface area contributed by atoms with Crippen LogP contribution in [0.25, 0.3) is 0 Å². The highest BCUT2D eigenvalue weighted by molar-refractivity contribution is 6.31. The molecule has 0 radical (unpaired) electrons. The second-order valence-corrected chi connectivity index (χ2v) is 9.46. The van der Waals surface area contributed by atoms with Gasteiger partial charge in [-0.25, -0.2) is 9.59 Å². The lowest BCUT2D eigenvalue weighted by Gasteiger charge is -2.49. The van der Waals surface area contributed by atoms with Gasteiger partial charge in [0.1, 0.15) is 0 Å². The van der Waals surface area contributed by atoms with E-state index in [2.05, 4.69) is 10.6 Å². The normalized spacial score (nSPS) is 38.6. The molecule has 0 aromatic carbocycles. The van der Waals surface area contributed by atoms with Crippen molar-refractivity contribution >= 4 is 23.7 Å². The van der Waals surface area contributed by atoms with E-state index in [4.69, 9.17) is 11.6 Å². The number of rotatable bonds is 5. The number of fused-ring (bicyclic) bond motifs is 2. The Labute approximate surface area is 187 Å². The zero-order chi connectivity index (χ0) is 21.6. The Morgan fingerprint density at radius 2 is 1.77 bits per heavy atom. The van der Waals surface area contributed by atoms with E-state index < -0.39 is 0 Å². The van der Waals surface area contributed by atoms with E-state index in [1.54, 1.807) is 0 Å². The number of hydroxylamine groups is 3. The van der Waals surface area contributed by atoms with Crippen LogP contribution in [0.5, 0.6) is 0 Å². The van der Waals surface area contributed by atoms with Crippen molar-refractivity contribution in [3.63, 3.8) is 0 Å². The maximum atomic E-state index is 13.3. The van der Waals surface area contributed by atoms with E-state index in [1.165, 1.54) is 0 Å². The molecule has 0 aromatic heterocycles. The molecule has 5 rings (SSSR count). The monoisotopic (exact) mass is 445 g/mol. The molecule has 5 aliphatic rings. The van der Waals surface area contributed by atoms with Gasteiger partial charge in [-0.2, -0.15) is 0 Å². The molecule has 0 spiro atoms. The average Bonchev–Trinajstić information content (AvgIpc) is 3.24. The van der Waals surface area contributed by atoms with Gasteiger partial charge in [-0.15, -0.1) is 0 Å². The summed E-state index contributed by atoms with van der Waals surface area (Å²) in [4.78, 5) is 28.5. The van der Waals surface area contributed by atoms with Crippen LogP contribution in [-0.4, -0.2) is 82.9 Å². The maximum Gasteiger partial charge on any atom is 0.318 e. The number of urea groups is 2. The summed E-state index contributed by atoms with van der Waals surface area (Å²) in [5, 5.41) is 19.9. The molecular weight excluding hydrogens is 418 g/mol. The first-order valence-electron chi connectivity index (χ1n) is 11.1. The van der Waals surface area contributed by atoms with Crippen molar-refractivity contribution in [1.82, 2.24) is 20.4 Å². The van der Waals surface area contributed by atoms with Gasteiger partial charge in [0, 0.05) is 36.9 Å². The van der Waals surface area contributed by atoms with Crippen LogP contribution in [0, 0.1) is 5.21 Å². The molecule has 3 aliphatic heterocycles. The number of carbonyl (C=O) groups excluding carboxylic acids is 2. The average molecular weight is 446 g/mol. The van der Waals surface area contributed by atoms with E-state index in [9.17, 15) is 14.8 Å². The highest BCUT2D eigenvalue weighted by Gasteiger charge is 2.44. The number of nitrogens with one attached hydrogen (secondary N) is 2. The van der Waals surface area contributed by atoms with Gasteiger partial charge in [0.15, 0.2) is 0 Å². The van der Waals surface area contributed by atoms with Crippen LogP contribution >= 0.6 is 11.6 Å². The van der Waals surface area contributed by atoms with E-state index in [-0.39, 0.29) is 46.9 Å². The Bertz CT molecular complexity index is 876. The van der Waals surface area contributed by atoms with E-state index in [0.29, 0.717) is 50.5 Å². The molecule has 2 aliphatic carbocycles. The van der Waals surface area contributed by atoms with Crippen LogP contribution < -0.4 is 10.6 Å². The third-order valence-electron chi connectivity index (χ3n) is 7.12. The molecule has 166 valence electrons. The van der Waals surface area contributed by atoms with Crippen molar-refractivity contribution in [2.24, 2.45) is 0 Å². The van der Waals surface area contributed by atoms with E-state index in [1.807, 2.05) is 52.3 Å². The Morgan fingerprint density at radius 3 is 2.58 bits per heavy atom. The molecule has 4 amide bonds. The van der Waals surface area contributed by atoms with Crippen LogP contribution in [-0.2, 0) is 0 Å². The van der Waals surface area contributed by atoms with Gasteiger partial charge < -0.3 is 30.3 Å². The standard InChI is InChI=1S/C22H28ClN5O3/c23-15-6-7-20-18(14-15)25-22(30)27(20)16-8-12-28(31,13-9-16)11-3-10-26-19-5-2-1-4-17(19)24-21(26)29/h1-2,4-7,14,16-20H,3,8-13H2,(H,24,29)(H,25,30).